The molecule has 0 aromatic heterocycles. The lowest BCUT2D eigenvalue weighted by Gasteiger charge is -2.33. The molecule has 0 heterocycles. The zero-order chi connectivity index (χ0) is 15.5. The quantitative estimate of drug-likeness (QED) is 0.774. The number of carboxylic acids is 1. The molecule has 1 aromatic carbocycles. The first-order chi connectivity index (χ1) is 9.93. The van der Waals surface area contributed by atoms with E-state index in [0.29, 0.717) is 18.5 Å². The molecule has 1 aromatic rings. The summed E-state index contributed by atoms with van der Waals surface area (Å²) in [5, 5.41) is 14.8. The van der Waals surface area contributed by atoms with Gasteiger partial charge in [0.05, 0.1) is 5.69 Å². The van der Waals surface area contributed by atoms with Gasteiger partial charge in [-0.15, -0.1) is 0 Å². The van der Waals surface area contributed by atoms with Crippen molar-refractivity contribution in [2.24, 2.45) is 0 Å². The number of benzene rings is 1. The highest BCUT2D eigenvalue weighted by Crippen LogP contribution is 2.29. The molecule has 114 valence electrons. The van der Waals surface area contributed by atoms with E-state index in [4.69, 9.17) is 0 Å². The van der Waals surface area contributed by atoms with Gasteiger partial charge in [-0.05, 0) is 53.4 Å². The number of carboxylic acid groups (broad SMARTS) is 1. The number of anilines is 1. The third kappa shape index (κ3) is 3.75. The summed E-state index contributed by atoms with van der Waals surface area (Å²) in [6.07, 6.45) is 3.61. The number of hydrogen-bond donors (Lipinski definition) is 3. The molecular formula is C15H19BrN2O3. The highest BCUT2D eigenvalue weighted by molar-refractivity contribution is 9.10. The summed E-state index contributed by atoms with van der Waals surface area (Å²) in [6.45, 7) is 1.93. The van der Waals surface area contributed by atoms with Crippen LogP contribution in [0.15, 0.2) is 22.7 Å². The van der Waals surface area contributed by atoms with Crippen molar-refractivity contribution < 1.29 is 14.7 Å². The van der Waals surface area contributed by atoms with Gasteiger partial charge in [-0.1, -0.05) is 25.3 Å². The minimum Gasteiger partial charge on any atom is -0.480 e. The Balaban J connectivity index is 2.09. The van der Waals surface area contributed by atoms with Crippen molar-refractivity contribution in [3.63, 3.8) is 0 Å². The van der Waals surface area contributed by atoms with Crippen molar-refractivity contribution in [1.82, 2.24) is 5.32 Å². The second kappa shape index (κ2) is 6.47. The largest absolute Gasteiger partial charge is 0.480 e. The van der Waals surface area contributed by atoms with Gasteiger partial charge in [0, 0.05) is 4.47 Å². The lowest BCUT2D eigenvalue weighted by atomic mass is 9.82. The molecule has 1 saturated carbocycles. The summed E-state index contributed by atoms with van der Waals surface area (Å²) in [4.78, 5) is 23.7. The molecule has 1 aliphatic rings. The molecule has 0 spiro atoms. The standard InChI is InChI=1S/C15H19BrN2O3/c1-10-5-6-11(16)12(9-10)17-14(21)18-15(13(19)20)7-3-2-4-8-15/h5-6,9H,2-4,7-8H2,1H3,(H,19,20)(H2,17,18,21). The van der Waals surface area contributed by atoms with Crippen LogP contribution in [0.25, 0.3) is 0 Å². The van der Waals surface area contributed by atoms with Crippen LogP contribution in [-0.4, -0.2) is 22.6 Å². The van der Waals surface area contributed by atoms with E-state index in [9.17, 15) is 14.7 Å². The van der Waals surface area contributed by atoms with E-state index in [1.807, 2.05) is 25.1 Å². The highest BCUT2D eigenvalue weighted by Gasteiger charge is 2.41. The molecule has 0 atom stereocenters. The summed E-state index contributed by atoms with van der Waals surface area (Å²) in [5.41, 5.74) is 0.501. The van der Waals surface area contributed by atoms with Crippen molar-refractivity contribution in [3.8, 4) is 0 Å². The van der Waals surface area contributed by atoms with Crippen LogP contribution in [-0.2, 0) is 4.79 Å². The summed E-state index contributed by atoms with van der Waals surface area (Å²) >= 11 is 3.37. The average Bonchev–Trinajstić information content (AvgIpc) is 2.43. The van der Waals surface area contributed by atoms with Crippen LogP contribution < -0.4 is 10.6 Å². The molecule has 6 heteroatoms. The molecule has 0 saturated heterocycles. The number of hydrogen-bond acceptors (Lipinski definition) is 2. The fourth-order valence-corrected chi connectivity index (χ4v) is 3.00. The molecule has 3 N–H and O–H groups in total. The van der Waals surface area contributed by atoms with Crippen LogP contribution in [0.1, 0.15) is 37.7 Å². The van der Waals surface area contributed by atoms with E-state index < -0.39 is 17.5 Å². The van der Waals surface area contributed by atoms with Gasteiger partial charge in [0.1, 0.15) is 5.54 Å². The Bertz CT molecular complexity index is 554. The molecular weight excluding hydrogens is 336 g/mol. The SMILES string of the molecule is Cc1ccc(Br)c(NC(=O)NC2(C(=O)O)CCCCC2)c1. The van der Waals surface area contributed by atoms with Gasteiger partial charge in [-0.3, -0.25) is 0 Å². The predicted octanol–water partition coefficient (Wildman–Crippen LogP) is 3.67. The summed E-state index contributed by atoms with van der Waals surface area (Å²) in [5.74, 6) is -0.958. The van der Waals surface area contributed by atoms with Crippen LogP contribution in [0.4, 0.5) is 10.5 Å². The lowest BCUT2D eigenvalue weighted by molar-refractivity contribution is -0.145. The van der Waals surface area contributed by atoms with E-state index in [0.717, 1.165) is 29.3 Å². The number of urea groups is 1. The van der Waals surface area contributed by atoms with Crippen molar-refractivity contribution in [3.05, 3.63) is 28.2 Å². The molecule has 5 nitrogen and oxygen atoms in total. The minimum atomic E-state index is -1.14. The van der Waals surface area contributed by atoms with Crippen LogP contribution in [0, 0.1) is 6.92 Å². The van der Waals surface area contributed by atoms with Gasteiger partial charge in [-0.25, -0.2) is 9.59 Å². The Hall–Kier alpha value is -1.56. The Kier molecular flexibility index (Phi) is 4.88. The van der Waals surface area contributed by atoms with Crippen LogP contribution >= 0.6 is 15.9 Å². The Morgan fingerprint density at radius 1 is 1.24 bits per heavy atom. The highest BCUT2D eigenvalue weighted by atomic mass is 79.9. The molecule has 0 aliphatic heterocycles. The van der Waals surface area contributed by atoms with Crippen LogP contribution in [0.2, 0.25) is 0 Å². The Morgan fingerprint density at radius 3 is 2.52 bits per heavy atom. The molecule has 0 radical (unpaired) electrons. The normalized spacial score (nSPS) is 17.0. The third-order valence-corrected chi connectivity index (χ3v) is 4.53. The molecule has 2 rings (SSSR count). The monoisotopic (exact) mass is 354 g/mol. The van der Waals surface area contributed by atoms with E-state index >= 15 is 0 Å². The average molecular weight is 355 g/mol. The van der Waals surface area contributed by atoms with Crippen molar-refractivity contribution >= 4 is 33.6 Å². The van der Waals surface area contributed by atoms with Gasteiger partial charge in [0.2, 0.25) is 0 Å². The lowest BCUT2D eigenvalue weighted by Crippen LogP contribution is -2.56. The maximum absolute atomic E-state index is 12.1. The smallest absolute Gasteiger partial charge is 0.329 e. The predicted molar refractivity (Wildman–Crippen MR) is 84.5 cm³/mol. The maximum atomic E-state index is 12.1. The topological polar surface area (TPSA) is 78.4 Å². The number of nitrogens with one attached hydrogen (secondary N) is 2. The minimum absolute atomic E-state index is 0.477. The zero-order valence-corrected chi connectivity index (χ0v) is 13.5. The molecule has 2 amide bonds. The summed E-state index contributed by atoms with van der Waals surface area (Å²) in [7, 11) is 0. The van der Waals surface area contributed by atoms with Crippen molar-refractivity contribution in [2.75, 3.05) is 5.32 Å². The van der Waals surface area contributed by atoms with Crippen molar-refractivity contribution in [2.45, 2.75) is 44.6 Å². The van der Waals surface area contributed by atoms with E-state index in [-0.39, 0.29) is 0 Å². The number of halogens is 1. The number of carbonyl (C=O) groups excluding carboxylic acids is 1. The zero-order valence-electron chi connectivity index (χ0n) is 11.9. The fraction of sp³-hybridized carbons (Fsp3) is 0.467. The molecule has 0 unspecified atom stereocenters. The molecule has 1 fully saturated rings. The van der Waals surface area contributed by atoms with E-state index in [1.165, 1.54) is 0 Å². The van der Waals surface area contributed by atoms with E-state index in [1.54, 1.807) is 0 Å². The second-order valence-electron chi connectivity index (χ2n) is 5.51. The molecule has 1 aliphatic carbocycles. The first-order valence-corrected chi connectivity index (χ1v) is 7.81. The number of rotatable bonds is 3. The van der Waals surface area contributed by atoms with Crippen molar-refractivity contribution in [1.29, 1.82) is 0 Å². The first-order valence-electron chi connectivity index (χ1n) is 7.02. The first kappa shape index (κ1) is 15.8. The maximum Gasteiger partial charge on any atom is 0.329 e. The van der Waals surface area contributed by atoms with Gasteiger partial charge in [0.15, 0.2) is 0 Å². The van der Waals surface area contributed by atoms with E-state index in [2.05, 4.69) is 26.6 Å². The van der Waals surface area contributed by atoms with Gasteiger partial charge >= 0.3 is 12.0 Å². The third-order valence-electron chi connectivity index (χ3n) is 3.84. The second-order valence-corrected chi connectivity index (χ2v) is 6.36. The Morgan fingerprint density at radius 2 is 1.90 bits per heavy atom. The van der Waals surface area contributed by atoms with Gasteiger partial charge in [-0.2, -0.15) is 0 Å². The number of carbonyl (C=O) groups is 2. The number of amides is 2. The Labute approximate surface area is 132 Å². The fourth-order valence-electron chi connectivity index (χ4n) is 2.65. The molecule has 21 heavy (non-hydrogen) atoms. The van der Waals surface area contributed by atoms with Crippen LogP contribution in [0.3, 0.4) is 0 Å². The summed E-state index contributed by atoms with van der Waals surface area (Å²) < 4.78 is 0.760. The summed E-state index contributed by atoms with van der Waals surface area (Å²) in [6, 6.07) is 5.12. The van der Waals surface area contributed by atoms with Gasteiger partial charge in [0.25, 0.3) is 0 Å². The number of aryl methyl sites for hydroxylation is 1. The van der Waals surface area contributed by atoms with Gasteiger partial charge < -0.3 is 15.7 Å². The number of aliphatic carboxylic acids is 1. The van der Waals surface area contributed by atoms with Crippen LogP contribution in [0.5, 0.6) is 0 Å². The molecule has 0 bridgehead atoms.